The maximum Gasteiger partial charge on any atom is 0.255 e. The van der Waals surface area contributed by atoms with E-state index in [1.165, 1.54) is 42.3 Å². The number of fused-ring (bicyclic) bond motifs is 1. The van der Waals surface area contributed by atoms with Gasteiger partial charge in [0.2, 0.25) is 5.91 Å². The van der Waals surface area contributed by atoms with Crippen LogP contribution >= 0.6 is 23.5 Å². The average molecular weight is 385 g/mol. The summed E-state index contributed by atoms with van der Waals surface area (Å²) in [5, 5.41) is 6.48. The first-order valence-electron chi connectivity index (χ1n) is 8.82. The van der Waals surface area contributed by atoms with Crippen LogP contribution in [0.15, 0.2) is 52.3 Å². The molecule has 2 aromatic carbocycles. The molecule has 2 aliphatic rings. The number of amides is 2. The van der Waals surface area contributed by atoms with Crippen molar-refractivity contribution in [1.29, 1.82) is 0 Å². The molecule has 4 nitrogen and oxygen atoms in total. The molecule has 2 amide bonds. The van der Waals surface area contributed by atoms with Crippen molar-refractivity contribution in [2.24, 2.45) is 0 Å². The number of benzene rings is 2. The number of anilines is 2. The third-order valence-corrected chi connectivity index (χ3v) is 7.01. The maximum absolute atomic E-state index is 12.5. The number of nitrogens with one attached hydrogen (secondary N) is 2. The molecule has 2 aromatic rings. The van der Waals surface area contributed by atoms with Gasteiger partial charge in [-0.1, -0.05) is 12.8 Å². The second-order valence-electron chi connectivity index (χ2n) is 6.55. The number of thioether (sulfide) groups is 2. The van der Waals surface area contributed by atoms with E-state index in [1.807, 2.05) is 30.0 Å². The molecule has 1 heterocycles. The number of carbonyl (C=O) groups excluding carboxylic acids is 2. The molecule has 0 radical (unpaired) electrons. The zero-order valence-electron chi connectivity index (χ0n) is 14.3. The minimum absolute atomic E-state index is 0.0320. The Bertz CT molecular complexity index is 830. The summed E-state index contributed by atoms with van der Waals surface area (Å²) in [6.07, 6.45) is 5.28. The zero-order valence-corrected chi connectivity index (χ0v) is 15.9. The molecular weight excluding hydrogens is 364 g/mol. The molecule has 0 aromatic heterocycles. The van der Waals surface area contributed by atoms with Gasteiger partial charge in [-0.15, -0.1) is 23.5 Å². The smallest absolute Gasteiger partial charge is 0.255 e. The fourth-order valence-electron chi connectivity index (χ4n) is 3.24. The first-order chi connectivity index (χ1) is 12.7. The van der Waals surface area contributed by atoms with E-state index in [-0.39, 0.29) is 11.8 Å². The van der Waals surface area contributed by atoms with Crippen molar-refractivity contribution in [3.05, 3.63) is 48.0 Å². The molecule has 1 aliphatic carbocycles. The highest BCUT2D eigenvalue weighted by Crippen LogP contribution is 2.35. The second-order valence-corrected chi connectivity index (χ2v) is 8.94. The summed E-state index contributed by atoms with van der Waals surface area (Å²) < 4.78 is 0. The average Bonchev–Trinajstić information content (AvgIpc) is 3.15. The summed E-state index contributed by atoms with van der Waals surface area (Å²) in [5.41, 5.74) is 2.03. The Morgan fingerprint density at radius 2 is 1.88 bits per heavy atom. The molecule has 2 N–H and O–H groups in total. The van der Waals surface area contributed by atoms with E-state index >= 15 is 0 Å². The minimum Gasteiger partial charge on any atom is -0.324 e. The maximum atomic E-state index is 12.5. The molecule has 134 valence electrons. The molecule has 26 heavy (non-hydrogen) atoms. The highest BCUT2D eigenvalue weighted by atomic mass is 32.2. The predicted molar refractivity (Wildman–Crippen MR) is 108 cm³/mol. The van der Waals surface area contributed by atoms with Crippen LogP contribution in [0.25, 0.3) is 0 Å². The molecule has 4 rings (SSSR count). The Morgan fingerprint density at radius 1 is 1.12 bits per heavy atom. The van der Waals surface area contributed by atoms with Gasteiger partial charge in [-0.2, -0.15) is 0 Å². The molecule has 6 heteroatoms. The molecule has 0 saturated heterocycles. The third kappa shape index (κ3) is 4.07. The van der Waals surface area contributed by atoms with Crippen molar-refractivity contribution < 1.29 is 9.59 Å². The van der Waals surface area contributed by atoms with E-state index in [0.29, 0.717) is 17.0 Å². The minimum atomic E-state index is -0.172. The standard InChI is InChI=1S/C20H20N2O2S2/c23-19-12-25-18-10-5-13(11-17(18)22-19)20(24)21-14-6-8-16(9-7-14)26-15-3-1-2-4-15/h5-11,15H,1-4,12H2,(H,21,24)(H,22,23). The Hall–Kier alpha value is -1.92. The Morgan fingerprint density at radius 3 is 2.65 bits per heavy atom. The van der Waals surface area contributed by atoms with Gasteiger partial charge in [0.15, 0.2) is 0 Å². The van der Waals surface area contributed by atoms with Crippen LogP contribution in [0.1, 0.15) is 36.0 Å². The van der Waals surface area contributed by atoms with Gasteiger partial charge >= 0.3 is 0 Å². The van der Waals surface area contributed by atoms with E-state index < -0.39 is 0 Å². The van der Waals surface area contributed by atoms with Crippen LogP contribution in [0, 0.1) is 0 Å². The molecular formula is C20H20N2O2S2. The highest BCUT2D eigenvalue weighted by Gasteiger charge is 2.18. The summed E-state index contributed by atoms with van der Waals surface area (Å²) in [5.74, 6) is 0.216. The van der Waals surface area contributed by atoms with E-state index in [0.717, 1.165) is 15.8 Å². The zero-order chi connectivity index (χ0) is 17.9. The van der Waals surface area contributed by atoms with Gasteiger partial charge in [0, 0.05) is 26.3 Å². The lowest BCUT2D eigenvalue weighted by atomic mass is 10.1. The van der Waals surface area contributed by atoms with E-state index in [1.54, 1.807) is 12.1 Å². The Labute approximate surface area is 161 Å². The third-order valence-electron chi connectivity index (χ3n) is 4.59. The van der Waals surface area contributed by atoms with Crippen LogP contribution in [0.4, 0.5) is 11.4 Å². The number of carbonyl (C=O) groups is 2. The van der Waals surface area contributed by atoms with E-state index in [2.05, 4.69) is 22.8 Å². The quantitative estimate of drug-likeness (QED) is 0.777. The Balaban J connectivity index is 1.41. The lowest BCUT2D eigenvalue weighted by molar-refractivity contribution is -0.113. The summed E-state index contributed by atoms with van der Waals surface area (Å²) in [4.78, 5) is 26.3. The van der Waals surface area contributed by atoms with Gasteiger partial charge in [-0.3, -0.25) is 9.59 Å². The van der Waals surface area contributed by atoms with Crippen molar-refractivity contribution in [1.82, 2.24) is 0 Å². The number of hydrogen-bond acceptors (Lipinski definition) is 4. The van der Waals surface area contributed by atoms with Gasteiger partial charge in [0.25, 0.3) is 5.91 Å². The number of hydrogen-bond donors (Lipinski definition) is 2. The van der Waals surface area contributed by atoms with Crippen molar-refractivity contribution in [2.45, 2.75) is 40.7 Å². The normalized spacial score (nSPS) is 16.8. The summed E-state index contributed by atoms with van der Waals surface area (Å²) >= 11 is 3.43. The first kappa shape index (κ1) is 17.5. The van der Waals surface area contributed by atoms with E-state index in [4.69, 9.17) is 0 Å². The number of rotatable bonds is 4. The van der Waals surface area contributed by atoms with Gasteiger partial charge in [0.05, 0.1) is 11.4 Å². The lowest BCUT2D eigenvalue weighted by Gasteiger charge is -2.17. The van der Waals surface area contributed by atoms with Crippen LogP contribution in [-0.2, 0) is 4.79 Å². The summed E-state index contributed by atoms with van der Waals surface area (Å²) in [6, 6.07) is 13.5. The molecule has 1 fully saturated rings. The summed E-state index contributed by atoms with van der Waals surface area (Å²) in [6.45, 7) is 0. The molecule has 0 atom stereocenters. The van der Waals surface area contributed by atoms with E-state index in [9.17, 15) is 9.59 Å². The van der Waals surface area contributed by atoms with Crippen molar-refractivity contribution >= 4 is 46.7 Å². The SMILES string of the molecule is O=C1CSc2ccc(C(=O)Nc3ccc(SC4CCCC4)cc3)cc2N1. The van der Waals surface area contributed by atoms with Gasteiger partial charge < -0.3 is 10.6 Å². The molecule has 1 saturated carbocycles. The van der Waals surface area contributed by atoms with Crippen molar-refractivity contribution in [3.63, 3.8) is 0 Å². The van der Waals surface area contributed by atoms with Gasteiger partial charge in [-0.05, 0) is 55.3 Å². The lowest BCUT2D eigenvalue weighted by Crippen LogP contribution is -2.19. The fraction of sp³-hybridized carbons (Fsp3) is 0.300. The van der Waals surface area contributed by atoms with Crippen LogP contribution < -0.4 is 10.6 Å². The topological polar surface area (TPSA) is 58.2 Å². The molecule has 0 unspecified atom stereocenters. The molecule has 1 aliphatic heterocycles. The highest BCUT2D eigenvalue weighted by molar-refractivity contribution is 8.00. The first-order valence-corrected chi connectivity index (χ1v) is 10.7. The van der Waals surface area contributed by atoms with Gasteiger partial charge in [0.1, 0.15) is 0 Å². The predicted octanol–water partition coefficient (Wildman–Crippen LogP) is 5.02. The monoisotopic (exact) mass is 384 g/mol. The van der Waals surface area contributed by atoms with Crippen molar-refractivity contribution in [3.8, 4) is 0 Å². The molecule has 0 spiro atoms. The van der Waals surface area contributed by atoms with Gasteiger partial charge in [-0.25, -0.2) is 0 Å². The van der Waals surface area contributed by atoms with Crippen LogP contribution in [0.2, 0.25) is 0 Å². The van der Waals surface area contributed by atoms with Crippen LogP contribution in [0.5, 0.6) is 0 Å². The molecule has 0 bridgehead atoms. The largest absolute Gasteiger partial charge is 0.324 e. The second kappa shape index (κ2) is 7.76. The fourth-order valence-corrected chi connectivity index (χ4v) is 5.28. The van der Waals surface area contributed by atoms with Crippen LogP contribution in [0.3, 0.4) is 0 Å². The summed E-state index contributed by atoms with van der Waals surface area (Å²) in [7, 11) is 0. The van der Waals surface area contributed by atoms with Crippen molar-refractivity contribution in [2.75, 3.05) is 16.4 Å². The van der Waals surface area contributed by atoms with Crippen LogP contribution in [-0.4, -0.2) is 22.8 Å². The Kier molecular flexibility index (Phi) is 5.22.